The predicted molar refractivity (Wildman–Crippen MR) is 68.6 cm³/mol. The number of carbonyl (C=O) groups is 1. The van der Waals surface area contributed by atoms with Crippen molar-refractivity contribution in [3.05, 3.63) is 45.2 Å². The van der Waals surface area contributed by atoms with Gasteiger partial charge in [0.15, 0.2) is 5.43 Å². The number of Topliss-reactive ketones (excluding diaryl/α,β-unsaturated/α-hetero) is 1. The van der Waals surface area contributed by atoms with E-state index in [1.807, 2.05) is 6.92 Å². The maximum absolute atomic E-state index is 11.7. The predicted octanol–water partition coefficient (Wildman–Crippen LogP) is 2.55. The largest absolute Gasteiger partial charge is 0.340 e. The Bertz CT molecular complexity index is 658. The molecule has 0 amide bonds. The average molecular weight is 250 g/mol. The first-order chi connectivity index (χ1) is 7.99. The molecule has 0 atom stereocenters. The van der Waals surface area contributed by atoms with Crippen LogP contribution in [0.3, 0.4) is 0 Å². The van der Waals surface area contributed by atoms with Crippen molar-refractivity contribution >= 4 is 28.3 Å². The van der Waals surface area contributed by atoms with Crippen LogP contribution in [0, 0.1) is 6.92 Å². The fourth-order valence-corrected chi connectivity index (χ4v) is 1.97. The number of hydrogen-bond donors (Lipinski definition) is 0. The van der Waals surface area contributed by atoms with Gasteiger partial charge < -0.3 is 4.57 Å². The van der Waals surface area contributed by atoms with Crippen molar-refractivity contribution in [3.63, 3.8) is 0 Å². The topological polar surface area (TPSA) is 39.1 Å². The molecule has 1 aromatic carbocycles. The first kappa shape index (κ1) is 11.9. The van der Waals surface area contributed by atoms with E-state index in [1.54, 1.807) is 22.9 Å². The highest BCUT2D eigenvalue weighted by Crippen LogP contribution is 2.21. The molecule has 0 aliphatic rings. The van der Waals surface area contributed by atoms with Gasteiger partial charge in [-0.05, 0) is 31.5 Å². The lowest BCUT2D eigenvalue weighted by atomic mass is 10.1. The number of aryl methyl sites for hydroxylation is 1. The molecule has 0 radical (unpaired) electrons. The lowest BCUT2D eigenvalue weighted by molar-refractivity contribution is -0.117. The Kier molecular flexibility index (Phi) is 3.03. The normalized spacial score (nSPS) is 10.8. The van der Waals surface area contributed by atoms with Gasteiger partial charge in [0.25, 0.3) is 0 Å². The summed E-state index contributed by atoms with van der Waals surface area (Å²) in [7, 11) is 0. The molecular weight excluding hydrogens is 238 g/mol. The molecule has 0 saturated heterocycles. The second-order valence-electron chi connectivity index (χ2n) is 4.13. The standard InChI is InChI=1S/C13H12ClNO2/c1-8-5-10-12(6-11(8)14)15(7-9(2)16)4-3-13(10)17/h3-6H,7H2,1-2H3. The van der Waals surface area contributed by atoms with Crippen LogP contribution in [-0.2, 0) is 11.3 Å². The Morgan fingerprint density at radius 1 is 1.41 bits per heavy atom. The number of benzene rings is 1. The first-order valence-electron chi connectivity index (χ1n) is 5.28. The van der Waals surface area contributed by atoms with E-state index in [4.69, 9.17) is 11.6 Å². The zero-order valence-electron chi connectivity index (χ0n) is 9.66. The van der Waals surface area contributed by atoms with Gasteiger partial charge in [-0.1, -0.05) is 11.6 Å². The molecule has 4 heteroatoms. The lowest BCUT2D eigenvalue weighted by Crippen LogP contribution is -2.12. The number of fused-ring (bicyclic) bond motifs is 1. The smallest absolute Gasteiger partial charge is 0.189 e. The fraction of sp³-hybridized carbons (Fsp3) is 0.231. The summed E-state index contributed by atoms with van der Waals surface area (Å²) in [6.45, 7) is 3.61. The molecule has 17 heavy (non-hydrogen) atoms. The van der Waals surface area contributed by atoms with Gasteiger partial charge >= 0.3 is 0 Å². The number of rotatable bonds is 2. The third-order valence-corrected chi connectivity index (χ3v) is 3.06. The number of pyridine rings is 1. The minimum atomic E-state index is -0.0560. The molecule has 0 aliphatic heterocycles. The van der Waals surface area contributed by atoms with E-state index >= 15 is 0 Å². The molecule has 1 heterocycles. The van der Waals surface area contributed by atoms with Crippen molar-refractivity contribution < 1.29 is 4.79 Å². The Morgan fingerprint density at radius 3 is 2.76 bits per heavy atom. The van der Waals surface area contributed by atoms with E-state index in [1.165, 1.54) is 13.0 Å². The Morgan fingerprint density at radius 2 is 2.12 bits per heavy atom. The molecule has 0 saturated carbocycles. The quantitative estimate of drug-likeness (QED) is 0.821. The second kappa shape index (κ2) is 4.34. The van der Waals surface area contributed by atoms with Crippen LogP contribution >= 0.6 is 11.6 Å². The third-order valence-electron chi connectivity index (χ3n) is 2.65. The van der Waals surface area contributed by atoms with Crippen LogP contribution < -0.4 is 5.43 Å². The summed E-state index contributed by atoms with van der Waals surface area (Å²) in [5, 5.41) is 1.19. The molecule has 0 spiro atoms. The van der Waals surface area contributed by atoms with Gasteiger partial charge in [0.1, 0.15) is 5.78 Å². The minimum Gasteiger partial charge on any atom is -0.340 e. The van der Waals surface area contributed by atoms with E-state index in [0.29, 0.717) is 15.9 Å². The van der Waals surface area contributed by atoms with Crippen LogP contribution in [0.1, 0.15) is 12.5 Å². The van der Waals surface area contributed by atoms with Crippen LogP contribution in [0.25, 0.3) is 10.9 Å². The minimum absolute atomic E-state index is 0.0339. The monoisotopic (exact) mass is 249 g/mol. The third kappa shape index (κ3) is 2.24. The van der Waals surface area contributed by atoms with E-state index in [2.05, 4.69) is 0 Å². The van der Waals surface area contributed by atoms with Gasteiger partial charge in [-0.15, -0.1) is 0 Å². The number of hydrogen-bond acceptors (Lipinski definition) is 2. The SMILES string of the molecule is CC(=O)Cn1ccc(=O)c2cc(C)c(Cl)cc21. The molecule has 3 nitrogen and oxygen atoms in total. The average Bonchev–Trinajstić information content (AvgIpc) is 2.25. The maximum atomic E-state index is 11.7. The summed E-state index contributed by atoms with van der Waals surface area (Å²) in [6, 6.07) is 4.96. The fourth-order valence-electron chi connectivity index (χ4n) is 1.81. The zero-order valence-corrected chi connectivity index (χ0v) is 10.4. The molecule has 88 valence electrons. The van der Waals surface area contributed by atoms with E-state index < -0.39 is 0 Å². The number of halogens is 1. The van der Waals surface area contributed by atoms with Crippen LogP contribution in [0.4, 0.5) is 0 Å². The van der Waals surface area contributed by atoms with Crippen LogP contribution in [-0.4, -0.2) is 10.4 Å². The molecule has 0 bridgehead atoms. The molecule has 2 rings (SSSR count). The van der Waals surface area contributed by atoms with Gasteiger partial charge in [-0.2, -0.15) is 0 Å². The van der Waals surface area contributed by atoms with Gasteiger partial charge in [-0.3, -0.25) is 9.59 Å². The summed E-state index contributed by atoms with van der Waals surface area (Å²) in [5.41, 5.74) is 1.50. The molecule has 0 unspecified atom stereocenters. The van der Waals surface area contributed by atoms with Crippen molar-refractivity contribution in [1.29, 1.82) is 0 Å². The summed E-state index contributed by atoms with van der Waals surface area (Å²) in [4.78, 5) is 22.9. The van der Waals surface area contributed by atoms with Gasteiger partial charge in [0.2, 0.25) is 0 Å². The lowest BCUT2D eigenvalue weighted by Gasteiger charge is -2.10. The molecule has 0 fully saturated rings. The summed E-state index contributed by atoms with van der Waals surface area (Å²) < 4.78 is 1.74. The highest BCUT2D eigenvalue weighted by atomic mass is 35.5. The number of nitrogens with zero attached hydrogens (tertiary/aromatic N) is 1. The van der Waals surface area contributed by atoms with Crippen molar-refractivity contribution in [3.8, 4) is 0 Å². The van der Waals surface area contributed by atoms with Crippen molar-refractivity contribution in [2.75, 3.05) is 0 Å². The van der Waals surface area contributed by atoms with Gasteiger partial charge in [-0.25, -0.2) is 0 Å². The Labute approximate surface area is 104 Å². The van der Waals surface area contributed by atoms with Crippen molar-refractivity contribution in [2.45, 2.75) is 20.4 Å². The van der Waals surface area contributed by atoms with E-state index in [9.17, 15) is 9.59 Å². The highest BCUT2D eigenvalue weighted by Gasteiger charge is 2.07. The first-order valence-corrected chi connectivity index (χ1v) is 5.65. The van der Waals surface area contributed by atoms with Crippen molar-refractivity contribution in [2.24, 2.45) is 0 Å². The van der Waals surface area contributed by atoms with Crippen LogP contribution in [0.15, 0.2) is 29.2 Å². The number of aromatic nitrogens is 1. The number of carbonyl (C=O) groups excluding carboxylic acids is 1. The maximum Gasteiger partial charge on any atom is 0.189 e. The zero-order chi connectivity index (χ0) is 12.6. The second-order valence-corrected chi connectivity index (χ2v) is 4.54. The van der Waals surface area contributed by atoms with Crippen LogP contribution in [0.5, 0.6) is 0 Å². The Hall–Kier alpha value is -1.61. The summed E-state index contributed by atoms with van der Waals surface area (Å²) in [6.07, 6.45) is 1.62. The number of ketones is 1. The molecule has 0 N–H and O–H groups in total. The summed E-state index contributed by atoms with van der Waals surface area (Å²) >= 11 is 6.05. The molecule has 1 aromatic heterocycles. The van der Waals surface area contributed by atoms with E-state index in [0.717, 1.165) is 5.56 Å². The van der Waals surface area contributed by atoms with Gasteiger partial charge in [0.05, 0.1) is 12.1 Å². The highest BCUT2D eigenvalue weighted by molar-refractivity contribution is 6.32. The molecule has 2 aromatic rings. The summed E-state index contributed by atoms with van der Waals surface area (Å²) in [5.74, 6) is 0.0339. The molecular formula is C13H12ClNO2. The van der Waals surface area contributed by atoms with Crippen LogP contribution in [0.2, 0.25) is 5.02 Å². The van der Waals surface area contributed by atoms with Crippen molar-refractivity contribution in [1.82, 2.24) is 4.57 Å². The Balaban J connectivity index is 2.79. The van der Waals surface area contributed by atoms with Gasteiger partial charge in [0, 0.05) is 22.7 Å². The molecule has 0 aliphatic carbocycles. The van der Waals surface area contributed by atoms with E-state index in [-0.39, 0.29) is 17.8 Å².